The minimum Gasteiger partial charge on any atom is -0.548 e. The second-order valence-electron chi connectivity index (χ2n) is 3.93. The first-order valence-corrected chi connectivity index (χ1v) is 8.65. The average molecular weight is 318 g/mol. The summed E-state index contributed by atoms with van der Waals surface area (Å²) in [5.74, 6) is -0.785. The molecular weight excluding hydrogens is 302 g/mol. The number of carboxylic acid groups (broad SMARTS) is 1. The number of thioether (sulfide) groups is 1. The summed E-state index contributed by atoms with van der Waals surface area (Å²) < 4.78 is 31.5. The molecular formula is C12H16NO5S2-. The number of hydrogen-bond donors (Lipinski definition) is 1. The summed E-state index contributed by atoms with van der Waals surface area (Å²) in [4.78, 5) is 10.9. The van der Waals surface area contributed by atoms with Crippen molar-refractivity contribution in [3.05, 3.63) is 24.3 Å². The molecule has 1 atom stereocenters. The van der Waals surface area contributed by atoms with Crippen molar-refractivity contribution in [3.63, 3.8) is 0 Å². The summed E-state index contributed by atoms with van der Waals surface area (Å²) in [7, 11) is -2.64. The van der Waals surface area contributed by atoms with E-state index in [1.54, 1.807) is 12.3 Å². The third-order valence-electron chi connectivity index (χ3n) is 2.55. The number of aliphatic carboxylic acids is 1. The molecule has 1 N–H and O–H groups in total. The zero-order valence-electron chi connectivity index (χ0n) is 11.2. The molecule has 112 valence electrons. The van der Waals surface area contributed by atoms with Gasteiger partial charge in [0, 0.05) is 0 Å². The second-order valence-corrected chi connectivity index (χ2v) is 6.59. The summed E-state index contributed by atoms with van der Waals surface area (Å²) in [6.45, 7) is 0. The highest BCUT2D eigenvalue weighted by atomic mass is 32.2. The van der Waals surface area contributed by atoms with Crippen LogP contribution in [0.15, 0.2) is 29.2 Å². The first kappa shape index (κ1) is 16.8. The molecule has 1 aromatic carbocycles. The molecule has 20 heavy (non-hydrogen) atoms. The van der Waals surface area contributed by atoms with Gasteiger partial charge in [0.15, 0.2) is 0 Å². The van der Waals surface area contributed by atoms with E-state index < -0.39 is 22.0 Å². The van der Waals surface area contributed by atoms with Crippen LogP contribution in [0.25, 0.3) is 0 Å². The van der Waals surface area contributed by atoms with Gasteiger partial charge in [-0.25, -0.2) is 13.1 Å². The van der Waals surface area contributed by atoms with Gasteiger partial charge in [-0.05, 0) is 30.6 Å². The Bertz CT molecular complexity index is 559. The van der Waals surface area contributed by atoms with Gasteiger partial charge in [-0.15, -0.1) is 0 Å². The molecule has 1 aromatic rings. The topological polar surface area (TPSA) is 95.5 Å². The van der Waals surface area contributed by atoms with Crippen molar-refractivity contribution >= 4 is 27.8 Å². The van der Waals surface area contributed by atoms with Gasteiger partial charge in [-0.1, -0.05) is 12.1 Å². The van der Waals surface area contributed by atoms with E-state index in [0.29, 0.717) is 5.75 Å². The molecule has 8 heteroatoms. The van der Waals surface area contributed by atoms with Gasteiger partial charge >= 0.3 is 0 Å². The number of carbonyl (C=O) groups excluding carboxylic acids is 1. The van der Waals surface area contributed by atoms with Crippen molar-refractivity contribution in [3.8, 4) is 5.75 Å². The number of rotatable bonds is 8. The Hall–Kier alpha value is -1.25. The van der Waals surface area contributed by atoms with Crippen LogP contribution >= 0.6 is 11.8 Å². The van der Waals surface area contributed by atoms with Crippen molar-refractivity contribution in [2.75, 3.05) is 19.1 Å². The molecule has 0 fully saturated rings. The van der Waals surface area contributed by atoms with Gasteiger partial charge in [0.2, 0.25) is 10.0 Å². The van der Waals surface area contributed by atoms with Gasteiger partial charge in [0.1, 0.15) is 10.6 Å². The predicted octanol–water partition coefficient (Wildman–Crippen LogP) is -0.155. The highest BCUT2D eigenvalue weighted by Crippen LogP contribution is 2.23. The van der Waals surface area contributed by atoms with Crippen LogP contribution in [0, 0.1) is 0 Å². The number of hydrogen-bond acceptors (Lipinski definition) is 6. The van der Waals surface area contributed by atoms with E-state index >= 15 is 0 Å². The number of sulfonamides is 1. The molecule has 0 bridgehead atoms. The van der Waals surface area contributed by atoms with Gasteiger partial charge in [-0.2, -0.15) is 11.8 Å². The molecule has 0 aliphatic rings. The van der Waals surface area contributed by atoms with Crippen molar-refractivity contribution < 1.29 is 23.1 Å². The molecule has 0 saturated carbocycles. The van der Waals surface area contributed by atoms with Crippen LogP contribution in [0.4, 0.5) is 0 Å². The number of para-hydroxylation sites is 1. The fourth-order valence-corrected chi connectivity index (χ4v) is 3.41. The molecule has 0 spiro atoms. The summed E-state index contributed by atoms with van der Waals surface area (Å²) in [5, 5.41) is 11.0. The molecule has 0 aliphatic carbocycles. The number of carboxylic acids is 1. The second kappa shape index (κ2) is 7.51. The molecule has 0 aromatic heterocycles. The lowest BCUT2D eigenvalue weighted by atomic mass is 10.2. The van der Waals surface area contributed by atoms with Crippen LogP contribution in [0.3, 0.4) is 0 Å². The lowest BCUT2D eigenvalue weighted by Gasteiger charge is -2.20. The molecule has 0 radical (unpaired) electrons. The molecule has 0 aliphatic heterocycles. The maximum Gasteiger partial charge on any atom is 0.244 e. The Balaban J connectivity index is 3.00. The summed E-state index contributed by atoms with van der Waals surface area (Å²) in [6, 6.07) is 4.74. The van der Waals surface area contributed by atoms with E-state index in [2.05, 4.69) is 4.72 Å². The van der Waals surface area contributed by atoms with E-state index in [1.807, 2.05) is 0 Å². The maximum atomic E-state index is 12.2. The predicted molar refractivity (Wildman–Crippen MR) is 75.1 cm³/mol. The third-order valence-corrected chi connectivity index (χ3v) is 4.71. The smallest absolute Gasteiger partial charge is 0.244 e. The molecule has 0 heterocycles. The lowest BCUT2D eigenvalue weighted by Crippen LogP contribution is -2.48. The summed E-state index contributed by atoms with van der Waals surface area (Å²) in [6.07, 6.45) is 1.96. The third kappa shape index (κ3) is 4.39. The van der Waals surface area contributed by atoms with Gasteiger partial charge in [0.25, 0.3) is 0 Å². The minimum absolute atomic E-state index is 0.0992. The number of nitrogens with one attached hydrogen (secondary N) is 1. The van der Waals surface area contributed by atoms with Crippen LogP contribution in [-0.4, -0.2) is 39.5 Å². The number of methoxy groups -OCH3 is 1. The molecule has 1 rings (SSSR count). The Morgan fingerprint density at radius 2 is 2.10 bits per heavy atom. The number of carbonyl (C=O) groups is 1. The summed E-state index contributed by atoms with van der Waals surface area (Å²) >= 11 is 1.43. The van der Waals surface area contributed by atoms with Crippen molar-refractivity contribution in [2.24, 2.45) is 0 Å². The highest BCUT2D eigenvalue weighted by Gasteiger charge is 2.23. The van der Waals surface area contributed by atoms with Crippen LogP contribution < -0.4 is 14.6 Å². The van der Waals surface area contributed by atoms with Crippen molar-refractivity contribution in [2.45, 2.75) is 17.4 Å². The Morgan fingerprint density at radius 1 is 1.45 bits per heavy atom. The van der Waals surface area contributed by atoms with Crippen LogP contribution in [0.2, 0.25) is 0 Å². The average Bonchev–Trinajstić information content (AvgIpc) is 2.43. The first-order valence-electron chi connectivity index (χ1n) is 5.77. The van der Waals surface area contributed by atoms with Crippen LogP contribution in [-0.2, 0) is 14.8 Å². The normalized spacial score (nSPS) is 12.9. The zero-order valence-corrected chi connectivity index (χ0v) is 12.8. The van der Waals surface area contributed by atoms with E-state index in [4.69, 9.17) is 4.74 Å². The Morgan fingerprint density at radius 3 is 2.65 bits per heavy atom. The fourth-order valence-electron chi connectivity index (χ4n) is 1.55. The van der Waals surface area contributed by atoms with Crippen LogP contribution in [0.5, 0.6) is 5.75 Å². The monoisotopic (exact) mass is 318 g/mol. The fraction of sp³-hybridized carbons (Fsp3) is 0.417. The Kier molecular flexibility index (Phi) is 6.31. The van der Waals surface area contributed by atoms with E-state index in [-0.39, 0.29) is 17.1 Å². The van der Waals surface area contributed by atoms with E-state index in [9.17, 15) is 18.3 Å². The van der Waals surface area contributed by atoms with Crippen LogP contribution in [0.1, 0.15) is 6.42 Å². The van der Waals surface area contributed by atoms with Crippen molar-refractivity contribution in [1.29, 1.82) is 0 Å². The quantitative estimate of drug-likeness (QED) is 0.716. The molecule has 6 nitrogen and oxygen atoms in total. The lowest BCUT2D eigenvalue weighted by molar-refractivity contribution is -0.308. The largest absolute Gasteiger partial charge is 0.548 e. The Labute approximate surface area is 122 Å². The van der Waals surface area contributed by atoms with Gasteiger partial charge < -0.3 is 14.6 Å². The molecule has 0 unspecified atom stereocenters. The van der Waals surface area contributed by atoms with Gasteiger partial charge in [0.05, 0.1) is 19.1 Å². The SMILES string of the molecule is COc1ccccc1S(=O)(=O)N[C@H](CCSC)C(=O)[O-]. The van der Waals surface area contributed by atoms with E-state index in [0.717, 1.165) is 0 Å². The van der Waals surface area contributed by atoms with Gasteiger partial charge in [-0.3, -0.25) is 0 Å². The maximum absolute atomic E-state index is 12.2. The highest BCUT2D eigenvalue weighted by molar-refractivity contribution is 7.98. The molecule has 0 amide bonds. The number of benzene rings is 1. The first-order chi connectivity index (χ1) is 9.42. The summed E-state index contributed by atoms with van der Waals surface area (Å²) in [5.41, 5.74) is 0. The standard InChI is InChI=1S/C12H17NO5S2/c1-18-10-5-3-4-6-11(10)20(16,17)13-9(12(14)15)7-8-19-2/h3-6,9,13H,7-8H2,1-2H3,(H,14,15)/p-1/t9-/m1/s1. The van der Waals surface area contributed by atoms with Crippen molar-refractivity contribution in [1.82, 2.24) is 4.72 Å². The van der Waals surface area contributed by atoms with E-state index in [1.165, 1.54) is 37.1 Å². The minimum atomic E-state index is -3.98. The number of ether oxygens (including phenoxy) is 1. The zero-order chi connectivity index (χ0) is 15.2. The molecule has 0 saturated heterocycles.